The van der Waals surface area contributed by atoms with Crippen LogP contribution in [0.3, 0.4) is 0 Å². The molecule has 0 aromatic carbocycles. The Labute approximate surface area is 137 Å². The van der Waals surface area contributed by atoms with E-state index in [1.54, 1.807) is 0 Å². The van der Waals surface area contributed by atoms with Gasteiger partial charge in [-0.1, -0.05) is 0 Å². The highest BCUT2D eigenvalue weighted by atomic mass is 32.2. The Morgan fingerprint density at radius 3 is 2.24 bits per heavy atom. The van der Waals surface area contributed by atoms with Gasteiger partial charge in [0.1, 0.15) is 0 Å². The predicted molar refractivity (Wildman–Crippen MR) is 75.0 cm³/mol. The molecule has 0 unspecified atom stereocenters. The van der Waals surface area contributed by atoms with Crippen molar-refractivity contribution >= 4 is 10.1 Å². The fourth-order valence-corrected chi connectivity index (χ4v) is 2.23. The molecule has 3 rings (SSSR count). The number of nitrogens with zero attached hydrogens (tertiary/aromatic N) is 6. The zero-order valence-electron chi connectivity index (χ0n) is 12.0. The summed E-state index contributed by atoms with van der Waals surface area (Å²) in [5.74, 6) is -1.81. The minimum atomic E-state index is -4.80. The zero-order chi connectivity index (χ0) is 18.2. The maximum Gasteiger partial charge on any atom is 0.453 e. The normalized spacial score (nSPS) is 12.3. The molecule has 0 atom stereocenters. The monoisotopic (exact) mass is 372 g/mol. The summed E-state index contributed by atoms with van der Waals surface area (Å²) in [5, 5.41) is 9.36. The first-order valence-electron chi connectivity index (χ1n) is 6.42. The highest BCUT2D eigenvalue weighted by Crippen LogP contribution is 2.29. The average molecular weight is 372 g/mol. The van der Waals surface area contributed by atoms with Crippen molar-refractivity contribution in [1.29, 1.82) is 0 Å². The lowest BCUT2D eigenvalue weighted by molar-refractivity contribution is -0.144. The van der Waals surface area contributed by atoms with Gasteiger partial charge in [-0.25, -0.2) is 4.98 Å². The number of pyridine rings is 1. The molecular weight excluding hydrogens is 365 g/mol. The second kappa shape index (κ2) is 5.86. The highest BCUT2D eigenvalue weighted by molar-refractivity contribution is 7.85. The Kier molecular flexibility index (Phi) is 3.96. The van der Waals surface area contributed by atoms with Crippen molar-refractivity contribution in [2.24, 2.45) is 0 Å². The third-order valence-corrected chi connectivity index (χ3v) is 3.65. The third-order valence-electron chi connectivity index (χ3n) is 2.91. The van der Waals surface area contributed by atoms with Gasteiger partial charge >= 0.3 is 16.3 Å². The molecule has 0 spiro atoms. The van der Waals surface area contributed by atoms with E-state index < -0.39 is 27.1 Å². The molecule has 0 aliphatic carbocycles. The summed E-state index contributed by atoms with van der Waals surface area (Å²) in [4.78, 5) is 7.23. The van der Waals surface area contributed by atoms with Crippen LogP contribution in [0.1, 0.15) is 5.82 Å². The lowest BCUT2D eigenvalue weighted by atomic mass is 10.2. The van der Waals surface area contributed by atoms with Gasteiger partial charge in [-0.2, -0.15) is 26.3 Å². The summed E-state index contributed by atoms with van der Waals surface area (Å²) in [6, 6.07) is 4.75. The standard InChI is InChI=1S/C12H7F3N6O3S/c13-12(14,15)11-17-10(7-3-5-16-6-4-7)21(20-11)8-1-2-9(19-18-8)25(22,23)24/h1-6H,(H,22,23,24). The van der Waals surface area contributed by atoms with Crippen molar-refractivity contribution < 1.29 is 26.1 Å². The van der Waals surface area contributed by atoms with E-state index in [-0.39, 0.29) is 17.2 Å². The Balaban J connectivity index is 2.16. The molecule has 9 nitrogen and oxygen atoms in total. The third kappa shape index (κ3) is 3.46. The van der Waals surface area contributed by atoms with E-state index >= 15 is 0 Å². The van der Waals surface area contributed by atoms with E-state index in [1.165, 1.54) is 24.5 Å². The van der Waals surface area contributed by atoms with Crippen molar-refractivity contribution in [1.82, 2.24) is 29.9 Å². The molecule has 3 aromatic heterocycles. The van der Waals surface area contributed by atoms with Crippen LogP contribution in [0.15, 0.2) is 41.7 Å². The number of halogens is 3. The van der Waals surface area contributed by atoms with Gasteiger partial charge in [0, 0.05) is 18.0 Å². The smallest absolute Gasteiger partial charge is 0.281 e. The van der Waals surface area contributed by atoms with Crippen LogP contribution < -0.4 is 0 Å². The Morgan fingerprint density at radius 1 is 1.04 bits per heavy atom. The maximum absolute atomic E-state index is 12.9. The number of hydrogen-bond acceptors (Lipinski definition) is 7. The van der Waals surface area contributed by atoms with E-state index in [1.807, 2.05) is 0 Å². The first kappa shape index (κ1) is 16.9. The summed E-state index contributed by atoms with van der Waals surface area (Å²) in [5.41, 5.74) is 0.277. The molecule has 0 amide bonds. The largest absolute Gasteiger partial charge is 0.453 e. The highest BCUT2D eigenvalue weighted by Gasteiger charge is 2.37. The van der Waals surface area contributed by atoms with Crippen LogP contribution in [0.2, 0.25) is 0 Å². The lowest BCUT2D eigenvalue weighted by Gasteiger charge is -2.04. The number of rotatable bonds is 3. The first-order valence-corrected chi connectivity index (χ1v) is 7.86. The van der Waals surface area contributed by atoms with Gasteiger partial charge in [0.05, 0.1) is 0 Å². The summed E-state index contributed by atoms with van der Waals surface area (Å²) in [6.07, 6.45) is -2.09. The maximum atomic E-state index is 12.9. The summed E-state index contributed by atoms with van der Waals surface area (Å²) < 4.78 is 70.4. The van der Waals surface area contributed by atoms with Crippen molar-refractivity contribution in [3.63, 3.8) is 0 Å². The Bertz CT molecular complexity index is 1000. The van der Waals surface area contributed by atoms with Gasteiger partial charge in [-0.3, -0.25) is 9.54 Å². The van der Waals surface area contributed by atoms with Crippen molar-refractivity contribution in [3.05, 3.63) is 42.5 Å². The second-order valence-electron chi connectivity index (χ2n) is 4.61. The van der Waals surface area contributed by atoms with Crippen molar-refractivity contribution in [2.75, 3.05) is 0 Å². The molecule has 1 N–H and O–H groups in total. The molecule has 0 fully saturated rings. The predicted octanol–water partition coefficient (Wildman–Crippen LogP) is 1.38. The Hall–Kier alpha value is -2.93. The molecule has 0 radical (unpaired) electrons. The fourth-order valence-electron chi connectivity index (χ4n) is 1.84. The Morgan fingerprint density at radius 2 is 1.72 bits per heavy atom. The number of alkyl halides is 3. The first-order chi connectivity index (χ1) is 11.7. The van der Waals surface area contributed by atoms with E-state index in [9.17, 15) is 21.6 Å². The van der Waals surface area contributed by atoms with E-state index in [0.717, 1.165) is 16.8 Å². The van der Waals surface area contributed by atoms with E-state index in [2.05, 4.69) is 25.3 Å². The minimum Gasteiger partial charge on any atom is -0.281 e. The van der Waals surface area contributed by atoms with Crippen LogP contribution in [0.5, 0.6) is 0 Å². The summed E-state index contributed by atoms with van der Waals surface area (Å²) in [7, 11) is -4.59. The van der Waals surface area contributed by atoms with Crippen molar-refractivity contribution in [3.8, 4) is 17.2 Å². The van der Waals surface area contributed by atoms with Crippen LogP contribution in [0.25, 0.3) is 17.2 Å². The average Bonchev–Trinajstić information content (AvgIpc) is 3.00. The minimum absolute atomic E-state index is 0.191. The van der Waals surface area contributed by atoms with Crippen LogP contribution in [-0.2, 0) is 16.3 Å². The van der Waals surface area contributed by atoms with E-state index in [0.29, 0.717) is 0 Å². The summed E-state index contributed by atoms with van der Waals surface area (Å²) in [6.45, 7) is 0. The van der Waals surface area contributed by atoms with E-state index in [4.69, 9.17) is 4.55 Å². The topological polar surface area (TPSA) is 124 Å². The fraction of sp³-hybridized carbons (Fsp3) is 0.0833. The summed E-state index contributed by atoms with van der Waals surface area (Å²) >= 11 is 0. The molecular formula is C12H7F3N6O3S. The van der Waals surface area contributed by atoms with Crippen LogP contribution in [0, 0.1) is 0 Å². The number of aromatic nitrogens is 6. The van der Waals surface area contributed by atoms with Gasteiger partial charge in [-0.05, 0) is 24.3 Å². The zero-order valence-corrected chi connectivity index (χ0v) is 12.8. The van der Waals surface area contributed by atoms with Crippen molar-refractivity contribution in [2.45, 2.75) is 11.2 Å². The van der Waals surface area contributed by atoms with Gasteiger partial charge in [0.25, 0.3) is 5.82 Å². The molecule has 0 bridgehead atoms. The molecule has 3 heterocycles. The quantitative estimate of drug-likeness (QED) is 0.684. The van der Waals surface area contributed by atoms with Crippen LogP contribution in [0.4, 0.5) is 13.2 Å². The van der Waals surface area contributed by atoms with Gasteiger partial charge in [0.15, 0.2) is 11.6 Å². The van der Waals surface area contributed by atoms with Crippen LogP contribution >= 0.6 is 0 Å². The van der Waals surface area contributed by atoms with Gasteiger partial charge in [0.2, 0.25) is 5.03 Å². The molecule has 130 valence electrons. The SMILES string of the molecule is O=S(=O)(O)c1ccc(-n2nc(C(F)(F)F)nc2-c2ccncc2)nn1. The number of hydrogen-bond donors (Lipinski definition) is 1. The molecule has 13 heteroatoms. The molecule has 0 aliphatic rings. The van der Waals surface area contributed by atoms with Gasteiger partial charge in [-0.15, -0.1) is 15.3 Å². The lowest BCUT2D eigenvalue weighted by Crippen LogP contribution is -2.10. The molecule has 0 saturated carbocycles. The molecule has 0 aliphatic heterocycles. The molecule has 0 saturated heterocycles. The second-order valence-corrected chi connectivity index (χ2v) is 5.98. The van der Waals surface area contributed by atoms with Gasteiger partial charge < -0.3 is 0 Å². The van der Waals surface area contributed by atoms with Crippen LogP contribution in [-0.4, -0.2) is 42.9 Å². The molecule has 3 aromatic rings. The molecule has 25 heavy (non-hydrogen) atoms.